The highest BCUT2D eigenvalue weighted by molar-refractivity contribution is 5.94. The molecular weight excluding hydrogens is 368 g/mol. The number of amides is 1. The number of esters is 1. The summed E-state index contributed by atoms with van der Waals surface area (Å²) in [4.78, 5) is 35.6. The molecule has 1 saturated heterocycles. The van der Waals surface area contributed by atoms with Gasteiger partial charge in [-0.05, 0) is 63.4 Å². The van der Waals surface area contributed by atoms with E-state index < -0.39 is 0 Å². The van der Waals surface area contributed by atoms with Crippen molar-refractivity contribution in [3.8, 4) is 0 Å². The second kappa shape index (κ2) is 9.49. The second-order valence-electron chi connectivity index (χ2n) is 7.41. The maximum Gasteiger partial charge on any atom is 0.338 e. The average molecular weight is 396 g/mol. The van der Waals surface area contributed by atoms with Gasteiger partial charge in [-0.25, -0.2) is 14.8 Å². The Morgan fingerprint density at radius 1 is 1.10 bits per heavy atom. The van der Waals surface area contributed by atoms with Crippen LogP contribution in [0.1, 0.15) is 47.9 Å². The summed E-state index contributed by atoms with van der Waals surface area (Å²) in [7, 11) is 0. The number of hydrogen-bond donors (Lipinski definition) is 1. The number of aromatic nitrogens is 2. The maximum atomic E-state index is 12.6. The molecule has 1 amide bonds. The third-order valence-electron chi connectivity index (χ3n) is 4.94. The van der Waals surface area contributed by atoms with E-state index in [1.54, 1.807) is 24.3 Å². The number of piperidine rings is 1. The fourth-order valence-corrected chi connectivity index (χ4v) is 3.40. The van der Waals surface area contributed by atoms with Crippen LogP contribution in [0.25, 0.3) is 0 Å². The summed E-state index contributed by atoms with van der Waals surface area (Å²) in [5, 5.41) is 2.95. The van der Waals surface area contributed by atoms with Crippen LogP contribution in [0.4, 0.5) is 11.6 Å². The van der Waals surface area contributed by atoms with Crippen molar-refractivity contribution in [3.05, 3.63) is 47.3 Å². The van der Waals surface area contributed by atoms with Crippen LogP contribution in [0.15, 0.2) is 30.3 Å². The Morgan fingerprint density at radius 2 is 1.72 bits per heavy atom. The van der Waals surface area contributed by atoms with E-state index in [4.69, 9.17) is 4.74 Å². The number of aryl methyl sites for hydroxylation is 2. The highest BCUT2D eigenvalue weighted by Gasteiger charge is 2.26. The highest BCUT2D eigenvalue weighted by atomic mass is 16.5. The van der Waals surface area contributed by atoms with Crippen molar-refractivity contribution in [2.24, 2.45) is 5.92 Å². The summed E-state index contributed by atoms with van der Waals surface area (Å²) in [6.07, 6.45) is 2.29. The van der Waals surface area contributed by atoms with Crippen molar-refractivity contribution in [3.63, 3.8) is 0 Å². The Hall–Kier alpha value is -2.96. The average Bonchev–Trinajstić information content (AvgIpc) is 2.72. The van der Waals surface area contributed by atoms with Gasteiger partial charge in [0.25, 0.3) is 0 Å². The van der Waals surface area contributed by atoms with Crippen LogP contribution >= 0.6 is 0 Å². The van der Waals surface area contributed by atoms with E-state index in [0.717, 1.165) is 49.7 Å². The van der Waals surface area contributed by atoms with Gasteiger partial charge in [0.1, 0.15) is 0 Å². The number of nitrogens with one attached hydrogen (secondary N) is 1. The maximum absolute atomic E-state index is 12.6. The predicted molar refractivity (Wildman–Crippen MR) is 112 cm³/mol. The van der Waals surface area contributed by atoms with Gasteiger partial charge in [-0.3, -0.25) is 4.79 Å². The topological polar surface area (TPSA) is 84.4 Å². The van der Waals surface area contributed by atoms with Gasteiger partial charge in [-0.1, -0.05) is 6.92 Å². The van der Waals surface area contributed by atoms with Crippen LogP contribution in [-0.4, -0.2) is 41.5 Å². The minimum Gasteiger partial charge on any atom is -0.462 e. The normalized spacial score (nSPS) is 14.5. The van der Waals surface area contributed by atoms with Crippen molar-refractivity contribution in [2.75, 3.05) is 29.9 Å². The molecule has 1 aliphatic rings. The molecule has 154 valence electrons. The molecule has 29 heavy (non-hydrogen) atoms. The monoisotopic (exact) mass is 396 g/mol. The fraction of sp³-hybridized carbons (Fsp3) is 0.455. The molecule has 0 spiro atoms. The quantitative estimate of drug-likeness (QED) is 0.752. The van der Waals surface area contributed by atoms with Gasteiger partial charge in [0.2, 0.25) is 11.9 Å². The first-order chi connectivity index (χ1) is 14.0. The molecule has 0 aliphatic carbocycles. The second-order valence-corrected chi connectivity index (χ2v) is 7.41. The SMILES string of the molecule is CCCOC(=O)c1ccc(NC(=O)C2CCN(c3nc(C)cc(C)n3)CC2)cc1. The standard InChI is InChI=1S/C22H28N4O3/c1-4-13-29-21(28)18-5-7-19(8-6-18)25-20(27)17-9-11-26(12-10-17)22-23-15(2)14-16(3)24-22/h5-8,14,17H,4,9-13H2,1-3H3,(H,25,27). The molecule has 0 saturated carbocycles. The van der Waals surface area contributed by atoms with Crippen molar-refractivity contribution in [1.29, 1.82) is 0 Å². The molecule has 2 aromatic rings. The molecule has 1 aromatic carbocycles. The largest absolute Gasteiger partial charge is 0.462 e. The molecule has 3 rings (SSSR count). The Kier molecular flexibility index (Phi) is 6.80. The summed E-state index contributed by atoms with van der Waals surface area (Å²) in [5.74, 6) is 0.358. The lowest BCUT2D eigenvalue weighted by Crippen LogP contribution is -2.39. The molecule has 0 radical (unpaired) electrons. The zero-order valence-electron chi connectivity index (χ0n) is 17.3. The lowest BCUT2D eigenvalue weighted by atomic mass is 9.96. The minimum absolute atomic E-state index is 0.00676. The van der Waals surface area contributed by atoms with E-state index in [1.807, 2.05) is 26.8 Å². The van der Waals surface area contributed by atoms with E-state index in [9.17, 15) is 9.59 Å². The number of nitrogens with zero attached hydrogens (tertiary/aromatic N) is 3. The lowest BCUT2D eigenvalue weighted by Gasteiger charge is -2.31. The zero-order chi connectivity index (χ0) is 20.8. The molecule has 7 nitrogen and oxygen atoms in total. The molecule has 2 heterocycles. The van der Waals surface area contributed by atoms with Crippen LogP contribution in [0.5, 0.6) is 0 Å². The molecule has 7 heteroatoms. The smallest absolute Gasteiger partial charge is 0.338 e. The van der Waals surface area contributed by atoms with Crippen LogP contribution in [0, 0.1) is 19.8 Å². The first-order valence-electron chi connectivity index (χ1n) is 10.1. The first kappa shape index (κ1) is 20.8. The lowest BCUT2D eigenvalue weighted by molar-refractivity contribution is -0.120. The van der Waals surface area contributed by atoms with Gasteiger partial charge in [0, 0.05) is 36.1 Å². The number of rotatable bonds is 6. The fourth-order valence-electron chi connectivity index (χ4n) is 3.40. The predicted octanol–water partition coefficient (Wildman–Crippen LogP) is 3.52. The van der Waals surface area contributed by atoms with Crippen LogP contribution < -0.4 is 10.2 Å². The molecule has 1 fully saturated rings. The van der Waals surface area contributed by atoms with Crippen LogP contribution in [0.2, 0.25) is 0 Å². The van der Waals surface area contributed by atoms with Gasteiger partial charge in [0.05, 0.1) is 12.2 Å². The number of carbonyl (C=O) groups excluding carboxylic acids is 2. The summed E-state index contributed by atoms with van der Waals surface area (Å²) in [6.45, 7) is 7.79. The summed E-state index contributed by atoms with van der Waals surface area (Å²) < 4.78 is 5.11. The van der Waals surface area contributed by atoms with E-state index in [0.29, 0.717) is 17.9 Å². The minimum atomic E-state index is -0.342. The molecule has 0 unspecified atom stereocenters. The third kappa shape index (κ3) is 5.53. The number of carbonyl (C=O) groups is 2. The molecule has 1 N–H and O–H groups in total. The van der Waals surface area contributed by atoms with Gasteiger partial charge in [-0.2, -0.15) is 0 Å². The van der Waals surface area contributed by atoms with Crippen LogP contribution in [-0.2, 0) is 9.53 Å². The van der Waals surface area contributed by atoms with Crippen molar-refractivity contribution < 1.29 is 14.3 Å². The van der Waals surface area contributed by atoms with Gasteiger partial charge >= 0.3 is 5.97 Å². The summed E-state index contributed by atoms with van der Waals surface area (Å²) >= 11 is 0. The van der Waals surface area contributed by atoms with Crippen molar-refractivity contribution in [2.45, 2.75) is 40.0 Å². The Labute approximate surface area is 171 Å². The van der Waals surface area contributed by atoms with E-state index >= 15 is 0 Å². The molecule has 1 aliphatic heterocycles. The molecular formula is C22H28N4O3. The number of ether oxygens (including phenoxy) is 1. The van der Waals surface area contributed by atoms with E-state index in [-0.39, 0.29) is 17.8 Å². The highest BCUT2D eigenvalue weighted by Crippen LogP contribution is 2.23. The number of hydrogen-bond acceptors (Lipinski definition) is 6. The zero-order valence-corrected chi connectivity index (χ0v) is 17.3. The number of benzene rings is 1. The van der Waals surface area contributed by atoms with E-state index in [2.05, 4.69) is 20.2 Å². The molecule has 0 atom stereocenters. The summed E-state index contributed by atoms with van der Waals surface area (Å²) in [5.41, 5.74) is 3.07. The van der Waals surface area contributed by atoms with Crippen molar-refractivity contribution >= 4 is 23.5 Å². The third-order valence-corrected chi connectivity index (χ3v) is 4.94. The first-order valence-corrected chi connectivity index (χ1v) is 10.1. The van der Waals surface area contributed by atoms with E-state index in [1.165, 1.54) is 0 Å². The van der Waals surface area contributed by atoms with Gasteiger partial charge < -0.3 is 15.0 Å². The molecule has 1 aromatic heterocycles. The number of anilines is 2. The Bertz CT molecular complexity index is 839. The van der Waals surface area contributed by atoms with Gasteiger partial charge in [-0.15, -0.1) is 0 Å². The Morgan fingerprint density at radius 3 is 2.31 bits per heavy atom. The van der Waals surface area contributed by atoms with Crippen molar-refractivity contribution in [1.82, 2.24) is 9.97 Å². The van der Waals surface area contributed by atoms with Crippen LogP contribution in [0.3, 0.4) is 0 Å². The Balaban J connectivity index is 1.52. The molecule has 0 bridgehead atoms. The summed E-state index contributed by atoms with van der Waals surface area (Å²) in [6, 6.07) is 8.78. The van der Waals surface area contributed by atoms with Gasteiger partial charge in [0.15, 0.2) is 0 Å².